The SMILES string of the molecule is C[C@@H]1C[C@@H](CCNC(=O)NCc2ccc([N+](=O)[O-])cc2)CCO1. The number of nitrogens with zero attached hydrogens (tertiary/aromatic N) is 1. The molecular weight excluding hydrogens is 298 g/mol. The molecule has 0 saturated carbocycles. The minimum absolute atomic E-state index is 0.0453. The number of carbonyl (C=O) groups is 1. The Bertz CT molecular complexity index is 533. The molecule has 1 fully saturated rings. The number of hydrogen-bond acceptors (Lipinski definition) is 4. The molecule has 2 atom stereocenters. The predicted molar refractivity (Wildman–Crippen MR) is 86.1 cm³/mol. The molecule has 1 saturated heterocycles. The van der Waals surface area contributed by atoms with Crippen LogP contribution in [0.1, 0.15) is 31.7 Å². The molecule has 0 bridgehead atoms. The van der Waals surface area contributed by atoms with Crippen molar-refractivity contribution in [3.05, 3.63) is 39.9 Å². The van der Waals surface area contributed by atoms with Crippen molar-refractivity contribution in [2.75, 3.05) is 13.2 Å². The fourth-order valence-electron chi connectivity index (χ4n) is 2.72. The summed E-state index contributed by atoms with van der Waals surface area (Å²) in [5, 5.41) is 16.2. The van der Waals surface area contributed by atoms with Gasteiger partial charge in [0.05, 0.1) is 11.0 Å². The van der Waals surface area contributed by atoms with Gasteiger partial charge in [0.25, 0.3) is 5.69 Å². The number of ether oxygens (including phenoxy) is 1. The normalized spacial score (nSPS) is 20.7. The maximum atomic E-state index is 11.7. The standard InChI is InChI=1S/C16H23N3O4/c1-12-10-13(7-9-23-12)6-8-17-16(20)18-11-14-2-4-15(5-3-14)19(21)22/h2-5,12-13H,6-11H2,1H3,(H2,17,18,20)/t12-,13+/m1/s1. The fraction of sp³-hybridized carbons (Fsp3) is 0.562. The summed E-state index contributed by atoms with van der Waals surface area (Å²) in [7, 11) is 0. The van der Waals surface area contributed by atoms with Crippen LogP contribution in [0.5, 0.6) is 0 Å². The lowest BCUT2D eigenvalue weighted by molar-refractivity contribution is -0.384. The Morgan fingerprint density at radius 3 is 2.74 bits per heavy atom. The number of urea groups is 1. The number of nitro benzene ring substituents is 1. The summed E-state index contributed by atoms with van der Waals surface area (Å²) in [6.07, 6.45) is 3.37. The van der Waals surface area contributed by atoms with E-state index in [-0.39, 0.29) is 11.7 Å². The first-order chi connectivity index (χ1) is 11.0. The summed E-state index contributed by atoms with van der Waals surface area (Å²) in [6.45, 7) is 3.87. The van der Waals surface area contributed by atoms with Crippen molar-refractivity contribution >= 4 is 11.7 Å². The van der Waals surface area contributed by atoms with E-state index in [4.69, 9.17) is 4.74 Å². The molecule has 0 spiro atoms. The number of carbonyl (C=O) groups excluding carboxylic acids is 1. The maximum absolute atomic E-state index is 11.7. The third-order valence-corrected chi connectivity index (χ3v) is 4.03. The van der Waals surface area contributed by atoms with Crippen molar-refractivity contribution in [2.24, 2.45) is 5.92 Å². The van der Waals surface area contributed by atoms with E-state index < -0.39 is 4.92 Å². The van der Waals surface area contributed by atoms with Crippen LogP contribution in [-0.4, -0.2) is 30.2 Å². The van der Waals surface area contributed by atoms with E-state index in [0.29, 0.717) is 25.1 Å². The second-order valence-corrected chi connectivity index (χ2v) is 5.89. The average molecular weight is 321 g/mol. The van der Waals surface area contributed by atoms with Crippen LogP contribution in [0, 0.1) is 16.0 Å². The molecule has 2 amide bonds. The molecule has 2 rings (SSSR count). The quantitative estimate of drug-likeness (QED) is 0.622. The molecule has 7 heteroatoms. The number of amides is 2. The Morgan fingerprint density at radius 2 is 2.09 bits per heavy atom. The van der Waals surface area contributed by atoms with Crippen LogP contribution < -0.4 is 10.6 Å². The number of non-ortho nitro benzene ring substituents is 1. The van der Waals surface area contributed by atoms with E-state index in [1.807, 2.05) is 0 Å². The summed E-state index contributed by atoms with van der Waals surface area (Å²) >= 11 is 0. The highest BCUT2D eigenvalue weighted by Gasteiger charge is 2.18. The van der Waals surface area contributed by atoms with Crippen LogP contribution >= 0.6 is 0 Å². The second-order valence-electron chi connectivity index (χ2n) is 5.89. The molecule has 1 aliphatic rings. The highest BCUT2D eigenvalue weighted by atomic mass is 16.6. The van der Waals surface area contributed by atoms with Crippen molar-refractivity contribution in [3.8, 4) is 0 Å². The third kappa shape index (κ3) is 5.86. The van der Waals surface area contributed by atoms with Crippen molar-refractivity contribution in [3.63, 3.8) is 0 Å². The van der Waals surface area contributed by atoms with Crippen LogP contribution in [0.15, 0.2) is 24.3 Å². The van der Waals surface area contributed by atoms with E-state index in [0.717, 1.165) is 31.4 Å². The van der Waals surface area contributed by atoms with Crippen LogP contribution in [0.4, 0.5) is 10.5 Å². The van der Waals surface area contributed by atoms with Gasteiger partial charge in [-0.2, -0.15) is 0 Å². The van der Waals surface area contributed by atoms with Crippen molar-refractivity contribution in [1.82, 2.24) is 10.6 Å². The summed E-state index contributed by atoms with van der Waals surface area (Å²) < 4.78 is 5.50. The lowest BCUT2D eigenvalue weighted by Crippen LogP contribution is -2.36. The molecule has 0 aromatic heterocycles. The molecule has 1 aromatic rings. The first kappa shape index (κ1) is 17.2. The van der Waals surface area contributed by atoms with Gasteiger partial charge in [0.1, 0.15) is 0 Å². The minimum atomic E-state index is -0.443. The van der Waals surface area contributed by atoms with E-state index >= 15 is 0 Å². The maximum Gasteiger partial charge on any atom is 0.315 e. The molecule has 126 valence electrons. The van der Waals surface area contributed by atoms with Gasteiger partial charge in [-0.3, -0.25) is 10.1 Å². The van der Waals surface area contributed by atoms with Gasteiger partial charge in [-0.15, -0.1) is 0 Å². The van der Waals surface area contributed by atoms with Crippen molar-refractivity contribution < 1.29 is 14.5 Å². The Kier molecular flexibility index (Phi) is 6.34. The first-order valence-electron chi connectivity index (χ1n) is 7.91. The van der Waals surface area contributed by atoms with Crippen LogP contribution in [0.3, 0.4) is 0 Å². The van der Waals surface area contributed by atoms with Crippen LogP contribution in [-0.2, 0) is 11.3 Å². The van der Waals surface area contributed by atoms with Gasteiger partial charge >= 0.3 is 6.03 Å². The second kappa shape index (κ2) is 8.47. The topological polar surface area (TPSA) is 93.5 Å². The molecule has 2 N–H and O–H groups in total. The van der Waals surface area contributed by atoms with Crippen LogP contribution in [0.25, 0.3) is 0 Å². The Labute approximate surface area is 135 Å². The zero-order valence-electron chi connectivity index (χ0n) is 13.3. The van der Waals surface area contributed by atoms with Gasteiger partial charge in [0.2, 0.25) is 0 Å². The monoisotopic (exact) mass is 321 g/mol. The molecule has 1 aliphatic heterocycles. The van der Waals surface area contributed by atoms with E-state index in [1.54, 1.807) is 12.1 Å². The highest BCUT2D eigenvalue weighted by Crippen LogP contribution is 2.22. The average Bonchev–Trinajstić information content (AvgIpc) is 2.53. The smallest absolute Gasteiger partial charge is 0.315 e. The van der Waals surface area contributed by atoms with Crippen LogP contribution in [0.2, 0.25) is 0 Å². The van der Waals surface area contributed by atoms with Gasteiger partial charge in [0.15, 0.2) is 0 Å². The summed E-state index contributed by atoms with van der Waals surface area (Å²) in [6, 6.07) is 5.93. The fourth-order valence-corrected chi connectivity index (χ4v) is 2.72. The van der Waals surface area contributed by atoms with Gasteiger partial charge in [-0.05, 0) is 37.7 Å². The molecule has 7 nitrogen and oxygen atoms in total. The zero-order valence-corrected chi connectivity index (χ0v) is 13.3. The molecule has 0 aliphatic carbocycles. The number of benzene rings is 1. The van der Waals surface area contributed by atoms with Gasteiger partial charge in [-0.25, -0.2) is 4.79 Å². The Hall–Kier alpha value is -2.15. The third-order valence-electron chi connectivity index (χ3n) is 4.03. The van der Waals surface area contributed by atoms with Gasteiger partial charge in [-0.1, -0.05) is 12.1 Å². The number of rotatable bonds is 6. The number of hydrogen-bond donors (Lipinski definition) is 2. The number of nitrogens with one attached hydrogen (secondary N) is 2. The van der Waals surface area contributed by atoms with E-state index in [9.17, 15) is 14.9 Å². The predicted octanol–water partition coefficient (Wildman–Crippen LogP) is 2.60. The number of nitro groups is 1. The molecular formula is C16H23N3O4. The summed E-state index contributed by atoms with van der Waals surface area (Å²) in [4.78, 5) is 21.9. The molecule has 23 heavy (non-hydrogen) atoms. The van der Waals surface area contributed by atoms with E-state index in [1.165, 1.54) is 12.1 Å². The molecule has 0 radical (unpaired) electrons. The lowest BCUT2D eigenvalue weighted by atomic mass is 9.93. The van der Waals surface area contributed by atoms with Crippen molar-refractivity contribution in [1.29, 1.82) is 0 Å². The minimum Gasteiger partial charge on any atom is -0.378 e. The lowest BCUT2D eigenvalue weighted by Gasteiger charge is -2.27. The van der Waals surface area contributed by atoms with Crippen molar-refractivity contribution in [2.45, 2.75) is 38.8 Å². The van der Waals surface area contributed by atoms with Gasteiger partial charge < -0.3 is 15.4 Å². The summed E-state index contributed by atoms with van der Waals surface area (Å²) in [5.41, 5.74) is 0.868. The van der Waals surface area contributed by atoms with E-state index in [2.05, 4.69) is 17.6 Å². The largest absolute Gasteiger partial charge is 0.378 e. The molecule has 0 unspecified atom stereocenters. The van der Waals surface area contributed by atoms with Gasteiger partial charge in [0, 0.05) is 31.8 Å². The Balaban J connectivity index is 1.64. The molecule has 1 heterocycles. The molecule has 1 aromatic carbocycles. The Morgan fingerprint density at radius 1 is 1.35 bits per heavy atom. The summed E-state index contributed by atoms with van der Waals surface area (Å²) in [5.74, 6) is 0.605. The zero-order chi connectivity index (χ0) is 16.7. The first-order valence-corrected chi connectivity index (χ1v) is 7.91. The highest BCUT2D eigenvalue weighted by molar-refractivity contribution is 5.73.